The van der Waals surface area contributed by atoms with E-state index in [-0.39, 0.29) is 24.0 Å². The second-order valence-electron chi connectivity index (χ2n) is 6.62. The van der Waals surface area contributed by atoms with Crippen LogP contribution < -0.4 is 10.6 Å². The van der Waals surface area contributed by atoms with Crippen LogP contribution in [0.25, 0.3) is 5.65 Å². The van der Waals surface area contributed by atoms with E-state index in [9.17, 15) is 0 Å². The molecule has 3 aromatic heterocycles. The van der Waals surface area contributed by atoms with Crippen molar-refractivity contribution in [2.75, 3.05) is 13.6 Å². The number of pyridine rings is 1. The second-order valence-corrected chi connectivity index (χ2v) is 6.62. The first-order valence-corrected chi connectivity index (χ1v) is 9.61. The average molecular weight is 516 g/mol. The van der Waals surface area contributed by atoms with Crippen molar-refractivity contribution in [3.8, 4) is 0 Å². The van der Waals surface area contributed by atoms with E-state index >= 15 is 0 Å². The third-order valence-electron chi connectivity index (χ3n) is 4.71. The molecule has 0 amide bonds. The Morgan fingerprint density at radius 1 is 0.967 bits per heavy atom. The van der Waals surface area contributed by atoms with Crippen molar-refractivity contribution in [2.45, 2.75) is 19.5 Å². The molecule has 0 fully saturated rings. The highest BCUT2D eigenvalue weighted by molar-refractivity contribution is 14.0. The molecule has 3 heterocycles. The zero-order chi connectivity index (χ0) is 19.9. The minimum Gasteiger partial charge on any atom is -0.356 e. The van der Waals surface area contributed by atoms with Crippen LogP contribution in [-0.4, -0.2) is 43.9 Å². The lowest BCUT2D eigenvalue weighted by molar-refractivity contribution is 0.677. The van der Waals surface area contributed by atoms with Crippen LogP contribution in [0.2, 0.25) is 0 Å². The molecule has 0 radical (unpaired) electrons. The monoisotopic (exact) mass is 516 g/mol. The van der Waals surface area contributed by atoms with Crippen molar-refractivity contribution in [1.29, 1.82) is 0 Å². The van der Waals surface area contributed by atoms with Crippen LogP contribution >= 0.6 is 24.0 Å². The molecule has 4 rings (SSSR count). The van der Waals surface area contributed by atoms with Gasteiger partial charge < -0.3 is 10.6 Å². The predicted octanol–water partition coefficient (Wildman–Crippen LogP) is 2.50. The van der Waals surface area contributed by atoms with E-state index in [1.54, 1.807) is 13.2 Å². The molecule has 0 atom stereocenters. The van der Waals surface area contributed by atoms with E-state index < -0.39 is 0 Å². The molecule has 1 aromatic carbocycles. The molecular weight excluding hydrogens is 491 g/mol. The first-order valence-electron chi connectivity index (χ1n) is 9.61. The lowest BCUT2D eigenvalue weighted by Crippen LogP contribution is -2.38. The Labute approximate surface area is 192 Å². The number of fused-ring (bicyclic) bond motifs is 1. The lowest BCUT2D eigenvalue weighted by atomic mass is 10.1. The Morgan fingerprint density at radius 2 is 1.80 bits per heavy atom. The number of halogens is 1. The Morgan fingerprint density at radius 3 is 2.60 bits per heavy atom. The summed E-state index contributed by atoms with van der Waals surface area (Å²) in [5.74, 6) is 1.68. The summed E-state index contributed by atoms with van der Waals surface area (Å²) < 4.78 is 3.93. The number of hydrogen-bond acceptors (Lipinski definition) is 4. The number of aliphatic imine (C=N–C) groups is 1. The van der Waals surface area contributed by atoms with Gasteiger partial charge in [-0.2, -0.15) is 5.10 Å². The predicted molar refractivity (Wildman–Crippen MR) is 128 cm³/mol. The molecule has 8 nitrogen and oxygen atoms in total. The molecule has 0 unspecified atom stereocenters. The Hall–Kier alpha value is -2.95. The normalized spacial score (nSPS) is 11.3. The van der Waals surface area contributed by atoms with Gasteiger partial charge in [0.15, 0.2) is 11.6 Å². The van der Waals surface area contributed by atoms with E-state index in [1.165, 1.54) is 11.1 Å². The molecule has 9 heteroatoms. The standard InChI is InChI=1S/C21H24N8.HI/c1-22-21(23-12-10-20-27-26-19-9-4-5-14-29(19)20)24-15-17-7-2-3-8-18(17)16-28-13-6-11-25-28;/h2-9,11,13-14H,10,12,15-16H2,1H3,(H2,22,23,24);1H. The van der Waals surface area contributed by atoms with Crippen molar-refractivity contribution in [3.05, 3.63) is 84.1 Å². The molecule has 0 aliphatic rings. The number of aromatic nitrogens is 5. The van der Waals surface area contributed by atoms with Gasteiger partial charge in [-0.1, -0.05) is 30.3 Å². The van der Waals surface area contributed by atoms with Crippen molar-refractivity contribution < 1.29 is 0 Å². The number of hydrogen-bond donors (Lipinski definition) is 2. The zero-order valence-corrected chi connectivity index (χ0v) is 19.1. The maximum absolute atomic E-state index is 4.32. The van der Waals surface area contributed by atoms with Gasteiger partial charge in [0, 0.05) is 45.1 Å². The first kappa shape index (κ1) is 21.8. The molecule has 0 saturated carbocycles. The maximum Gasteiger partial charge on any atom is 0.191 e. The van der Waals surface area contributed by atoms with Crippen LogP contribution in [0, 0.1) is 0 Å². The highest BCUT2D eigenvalue weighted by atomic mass is 127. The van der Waals surface area contributed by atoms with Crippen LogP contribution in [0.5, 0.6) is 0 Å². The summed E-state index contributed by atoms with van der Waals surface area (Å²) in [5, 5.41) is 19.5. The molecule has 0 bridgehead atoms. The summed E-state index contributed by atoms with van der Waals surface area (Å²) in [4.78, 5) is 4.32. The summed E-state index contributed by atoms with van der Waals surface area (Å²) in [6.07, 6.45) is 6.50. The van der Waals surface area contributed by atoms with Gasteiger partial charge in [-0.3, -0.25) is 14.1 Å². The highest BCUT2D eigenvalue weighted by Gasteiger charge is 2.07. The molecular formula is C21H25IN8. The summed E-state index contributed by atoms with van der Waals surface area (Å²) in [7, 11) is 1.78. The molecule has 2 N–H and O–H groups in total. The molecule has 0 saturated heterocycles. The van der Waals surface area contributed by atoms with Crippen molar-refractivity contribution in [3.63, 3.8) is 0 Å². The molecule has 156 valence electrons. The van der Waals surface area contributed by atoms with E-state index in [0.29, 0.717) is 13.1 Å². The van der Waals surface area contributed by atoms with Gasteiger partial charge in [0.05, 0.1) is 6.54 Å². The fourth-order valence-corrected chi connectivity index (χ4v) is 3.21. The molecule has 0 spiro atoms. The Bertz CT molecular complexity index is 1090. The topological polar surface area (TPSA) is 84.4 Å². The van der Waals surface area contributed by atoms with E-state index in [2.05, 4.69) is 55.2 Å². The van der Waals surface area contributed by atoms with E-state index in [0.717, 1.165) is 30.4 Å². The smallest absolute Gasteiger partial charge is 0.191 e. The third kappa shape index (κ3) is 5.35. The van der Waals surface area contributed by atoms with Crippen LogP contribution in [0.3, 0.4) is 0 Å². The van der Waals surface area contributed by atoms with Gasteiger partial charge >= 0.3 is 0 Å². The minimum atomic E-state index is 0. The van der Waals surface area contributed by atoms with Crippen molar-refractivity contribution in [1.82, 2.24) is 35.0 Å². The molecule has 0 aliphatic carbocycles. The van der Waals surface area contributed by atoms with Gasteiger partial charge in [0.2, 0.25) is 0 Å². The van der Waals surface area contributed by atoms with Crippen molar-refractivity contribution in [2.24, 2.45) is 4.99 Å². The minimum absolute atomic E-state index is 0. The fraction of sp³-hybridized carbons (Fsp3) is 0.238. The largest absolute Gasteiger partial charge is 0.356 e. The summed E-state index contributed by atoms with van der Waals surface area (Å²) in [6.45, 7) is 2.14. The summed E-state index contributed by atoms with van der Waals surface area (Å²) in [5.41, 5.74) is 3.31. The van der Waals surface area contributed by atoms with E-state index in [4.69, 9.17) is 0 Å². The highest BCUT2D eigenvalue weighted by Crippen LogP contribution is 2.10. The summed E-state index contributed by atoms with van der Waals surface area (Å²) >= 11 is 0. The SMILES string of the molecule is CN=C(NCCc1nnc2ccccn12)NCc1ccccc1Cn1cccn1.I. The van der Waals surface area contributed by atoms with Crippen LogP contribution in [0.4, 0.5) is 0 Å². The zero-order valence-electron chi connectivity index (χ0n) is 16.8. The number of guanidine groups is 1. The van der Waals surface area contributed by atoms with E-state index in [1.807, 2.05) is 45.7 Å². The van der Waals surface area contributed by atoms with Crippen LogP contribution in [-0.2, 0) is 19.5 Å². The van der Waals surface area contributed by atoms with Crippen molar-refractivity contribution >= 4 is 35.6 Å². The average Bonchev–Trinajstić information content (AvgIpc) is 3.41. The van der Waals surface area contributed by atoms with Gasteiger partial charge in [0.25, 0.3) is 0 Å². The Kier molecular flexibility index (Phi) is 7.77. The van der Waals surface area contributed by atoms with Gasteiger partial charge in [-0.15, -0.1) is 34.2 Å². The quantitative estimate of drug-likeness (QED) is 0.224. The number of benzene rings is 1. The Balaban J connectivity index is 0.00000256. The van der Waals surface area contributed by atoms with Crippen LogP contribution in [0.15, 0.2) is 72.1 Å². The van der Waals surface area contributed by atoms with Gasteiger partial charge in [0.1, 0.15) is 5.82 Å². The molecule has 0 aliphatic heterocycles. The number of nitrogens with one attached hydrogen (secondary N) is 2. The summed E-state index contributed by atoms with van der Waals surface area (Å²) in [6, 6.07) is 16.2. The molecule has 30 heavy (non-hydrogen) atoms. The third-order valence-corrected chi connectivity index (χ3v) is 4.71. The van der Waals surface area contributed by atoms with Crippen LogP contribution in [0.1, 0.15) is 17.0 Å². The number of rotatable bonds is 7. The fourth-order valence-electron chi connectivity index (χ4n) is 3.21. The van der Waals surface area contributed by atoms with Gasteiger partial charge in [-0.05, 0) is 29.3 Å². The first-order chi connectivity index (χ1) is 14.3. The van der Waals surface area contributed by atoms with Gasteiger partial charge in [-0.25, -0.2) is 0 Å². The second kappa shape index (κ2) is 10.7. The molecule has 4 aromatic rings. The number of nitrogens with zero attached hydrogens (tertiary/aromatic N) is 6. The lowest BCUT2D eigenvalue weighted by Gasteiger charge is -2.14. The maximum atomic E-state index is 4.32.